The van der Waals surface area contributed by atoms with Crippen LogP contribution in [0.4, 0.5) is 13.2 Å². The van der Waals surface area contributed by atoms with Crippen LogP contribution in [0.3, 0.4) is 0 Å². The third-order valence-electron chi connectivity index (χ3n) is 3.12. The van der Waals surface area contributed by atoms with Crippen molar-refractivity contribution in [1.82, 2.24) is 0 Å². The zero-order valence-electron chi connectivity index (χ0n) is 11.2. The lowest BCUT2D eigenvalue weighted by Gasteiger charge is -2.16. The summed E-state index contributed by atoms with van der Waals surface area (Å²) < 4.78 is 42.8. The lowest BCUT2D eigenvalue weighted by Crippen LogP contribution is -2.14. The quantitative estimate of drug-likeness (QED) is 0.908. The van der Waals surface area contributed by atoms with Crippen molar-refractivity contribution in [3.63, 3.8) is 0 Å². The third-order valence-corrected chi connectivity index (χ3v) is 3.12. The molecule has 2 aromatic carbocycles. The van der Waals surface area contributed by atoms with Gasteiger partial charge in [-0.15, -0.1) is 0 Å². The number of aliphatic hydroxyl groups is 1. The van der Waals surface area contributed by atoms with E-state index in [1.165, 1.54) is 12.1 Å². The van der Waals surface area contributed by atoms with Crippen LogP contribution in [0.15, 0.2) is 54.6 Å². The van der Waals surface area contributed by atoms with Gasteiger partial charge in [0.1, 0.15) is 5.75 Å². The fraction of sp³-hybridized carbons (Fsp3) is 0.250. The second kappa shape index (κ2) is 6.63. The van der Waals surface area contributed by atoms with Crippen LogP contribution in [0, 0.1) is 0 Å². The number of hydrogen-bond donors (Lipinski definition) is 1. The van der Waals surface area contributed by atoms with Crippen LogP contribution in [0.5, 0.6) is 5.75 Å². The average molecular weight is 296 g/mol. The average Bonchev–Trinajstić information content (AvgIpc) is 2.48. The van der Waals surface area contributed by atoms with Gasteiger partial charge in [-0.1, -0.05) is 30.3 Å². The second-order valence-corrected chi connectivity index (χ2v) is 4.62. The second-order valence-electron chi connectivity index (χ2n) is 4.62. The standard InChI is InChI=1S/C16H15F3O2/c17-16(18,19)14-6-8-15(9-7-14)21-11-13(10-20)12-4-2-1-3-5-12/h1-9,13,20H,10-11H2. The predicted octanol–water partition coefficient (Wildman–Crippen LogP) is 3.86. The van der Waals surface area contributed by atoms with Gasteiger partial charge in [0.05, 0.1) is 18.8 Å². The summed E-state index contributed by atoms with van der Waals surface area (Å²) in [7, 11) is 0. The van der Waals surface area contributed by atoms with Crippen molar-refractivity contribution in [3.8, 4) is 5.75 Å². The molecular weight excluding hydrogens is 281 g/mol. The van der Waals surface area contributed by atoms with Crippen molar-refractivity contribution in [2.24, 2.45) is 0 Å². The van der Waals surface area contributed by atoms with Crippen molar-refractivity contribution < 1.29 is 23.0 Å². The number of ether oxygens (including phenoxy) is 1. The maximum absolute atomic E-state index is 12.4. The van der Waals surface area contributed by atoms with Gasteiger partial charge in [0.15, 0.2) is 0 Å². The number of aliphatic hydroxyl groups excluding tert-OH is 1. The summed E-state index contributed by atoms with van der Waals surface area (Å²) >= 11 is 0. The van der Waals surface area contributed by atoms with E-state index in [0.29, 0.717) is 5.75 Å². The molecule has 0 fully saturated rings. The Morgan fingerprint density at radius 2 is 1.57 bits per heavy atom. The Bertz CT molecular complexity index is 550. The lowest BCUT2D eigenvalue weighted by atomic mass is 10.0. The summed E-state index contributed by atoms with van der Waals surface area (Å²) in [5, 5.41) is 9.38. The van der Waals surface area contributed by atoms with E-state index in [0.717, 1.165) is 17.7 Å². The lowest BCUT2D eigenvalue weighted by molar-refractivity contribution is -0.137. The highest BCUT2D eigenvalue weighted by atomic mass is 19.4. The minimum atomic E-state index is -4.35. The molecule has 0 spiro atoms. The minimum absolute atomic E-state index is 0.0926. The fourth-order valence-electron chi connectivity index (χ4n) is 1.92. The molecule has 0 radical (unpaired) electrons. The maximum Gasteiger partial charge on any atom is 0.416 e. The van der Waals surface area contributed by atoms with E-state index in [4.69, 9.17) is 4.74 Å². The molecular formula is C16H15F3O2. The van der Waals surface area contributed by atoms with Crippen LogP contribution in [0.1, 0.15) is 17.0 Å². The Morgan fingerprint density at radius 1 is 0.952 bits per heavy atom. The van der Waals surface area contributed by atoms with Crippen molar-refractivity contribution >= 4 is 0 Å². The highest BCUT2D eigenvalue weighted by Gasteiger charge is 2.30. The van der Waals surface area contributed by atoms with Gasteiger partial charge < -0.3 is 9.84 Å². The predicted molar refractivity (Wildman–Crippen MR) is 73.2 cm³/mol. The van der Waals surface area contributed by atoms with Crippen LogP contribution in [-0.4, -0.2) is 18.3 Å². The van der Waals surface area contributed by atoms with E-state index in [9.17, 15) is 18.3 Å². The number of alkyl halides is 3. The van der Waals surface area contributed by atoms with Crippen LogP contribution < -0.4 is 4.74 Å². The van der Waals surface area contributed by atoms with Crippen molar-refractivity contribution in [1.29, 1.82) is 0 Å². The summed E-state index contributed by atoms with van der Waals surface area (Å²) in [6, 6.07) is 13.8. The van der Waals surface area contributed by atoms with E-state index in [1.54, 1.807) is 0 Å². The first kappa shape index (κ1) is 15.4. The normalized spacial score (nSPS) is 13.0. The molecule has 2 nitrogen and oxygen atoms in total. The highest BCUT2D eigenvalue weighted by molar-refractivity contribution is 5.29. The molecule has 0 aliphatic heterocycles. The molecule has 1 atom stereocenters. The third kappa shape index (κ3) is 4.23. The van der Waals surface area contributed by atoms with E-state index < -0.39 is 11.7 Å². The zero-order valence-corrected chi connectivity index (χ0v) is 11.2. The Balaban J connectivity index is 1.99. The Labute approximate surface area is 120 Å². The first-order chi connectivity index (χ1) is 10.0. The maximum atomic E-state index is 12.4. The van der Waals surface area contributed by atoms with E-state index in [2.05, 4.69) is 0 Å². The van der Waals surface area contributed by atoms with Gasteiger partial charge in [0, 0.05) is 5.92 Å². The first-order valence-corrected chi connectivity index (χ1v) is 6.46. The van der Waals surface area contributed by atoms with Crippen LogP contribution >= 0.6 is 0 Å². The number of rotatable bonds is 5. The summed E-state index contributed by atoms with van der Waals surface area (Å²) in [5.41, 5.74) is 0.212. The molecule has 0 saturated heterocycles. The molecule has 21 heavy (non-hydrogen) atoms. The molecule has 2 aromatic rings. The van der Waals surface area contributed by atoms with Gasteiger partial charge in [0.25, 0.3) is 0 Å². The Kier molecular flexibility index (Phi) is 4.85. The van der Waals surface area contributed by atoms with Crippen LogP contribution in [0.25, 0.3) is 0 Å². The number of benzene rings is 2. The molecule has 1 unspecified atom stereocenters. The van der Waals surface area contributed by atoms with Crippen LogP contribution in [0.2, 0.25) is 0 Å². The summed E-state index contributed by atoms with van der Waals surface area (Å²) in [6.07, 6.45) is -4.35. The van der Waals surface area contributed by atoms with Gasteiger partial charge in [-0.25, -0.2) is 0 Å². The molecule has 0 bridgehead atoms. The molecule has 0 saturated carbocycles. The highest BCUT2D eigenvalue weighted by Crippen LogP contribution is 2.30. The SMILES string of the molecule is OCC(COc1ccc(C(F)(F)F)cc1)c1ccccc1. The Hall–Kier alpha value is -2.01. The number of hydrogen-bond acceptors (Lipinski definition) is 2. The summed E-state index contributed by atoms with van der Waals surface area (Å²) in [6.45, 7) is 0.108. The molecule has 112 valence electrons. The molecule has 1 N–H and O–H groups in total. The van der Waals surface area contributed by atoms with Gasteiger partial charge in [-0.05, 0) is 29.8 Å². The van der Waals surface area contributed by atoms with Gasteiger partial charge in [-0.2, -0.15) is 13.2 Å². The van der Waals surface area contributed by atoms with Gasteiger partial charge in [0.2, 0.25) is 0 Å². The van der Waals surface area contributed by atoms with Crippen molar-refractivity contribution in [2.75, 3.05) is 13.2 Å². The molecule has 0 heterocycles. The molecule has 5 heteroatoms. The van der Waals surface area contributed by atoms with E-state index in [-0.39, 0.29) is 19.1 Å². The Morgan fingerprint density at radius 3 is 2.10 bits per heavy atom. The monoisotopic (exact) mass is 296 g/mol. The smallest absolute Gasteiger partial charge is 0.416 e. The fourth-order valence-corrected chi connectivity index (χ4v) is 1.92. The van der Waals surface area contributed by atoms with Gasteiger partial charge in [-0.3, -0.25) is 0 Å². The first-order valence-electron chi connectivity index (χ1n) is 6.46. The molecule has 0 amide bonds. The topological polar surface area (TPSA) is 29.5 Å². The number of halogens is 3. The van der Waals surface area contributed by atoms with E-state index in [1.807, 2.05) is 30.3 Å². The largest absolute Gasteiger partial charge is 0.493 e. The zero-order chi connectivity index (χ0) is 15.3. The minimum Gasteiger partial charge on any atom is -0.493 e. The molecule has 2 rings (SSSR count). The summed E-state index contributed by atoms with van der Waals surface area (Å²) in [4.78, 5) is 0. The van der Waals surface area contributed by atoms with Gasteiger partial charge >= 0.3 is 6.18 Å². The molecule has 0 aliphatic rings. The molecule has 0 aliphatic carbocycles. The molecule has 0 aromatic heterocycles. The van der Waals surface area contributed by atoms with E-state index >= 15 is 0 Å². The van der Waals surface area contributed by atoms with Crippen molar-refractivity contribution in [2.45, 2.75) is 12.1 Å². The van der Waals surface area contributed by atoms with Crippen LogP contribution in [-0.2, 0) is 6.18 Å². The summed E-state index contributed by atoms with van der Waals surface area (Å²) in [5.74, 6) is 0.130. The van der Waals surface area contributed by atoms with Crippen molar-refractivity contribution in [3.05, 3.63) is 65.7 Å².